The van der Waals surface area contributed by atoms with Crippen LogP contribution in [0.1, 0.15) is 35.2 Å². The van der Waals surface area contributed by atoms with Crippen molar-refractivity contribution in [2.45, 2.75) is 38.6 Å². The third-order valence-electron chi connectivity index (χ3n) is 3.53. The summed E-state index contributed by atoms with van der Waals surface area (Å²) in [5, 5.41) is 3.61. The molecule has 0 radical (unpaired) electrons. The summed E-state index contributed by atoms with van der Waals surface area (Å²) in [5.74, 6) is 1.06. The number of aryl methyl sites for hydroxylation is 3. The maximum atomic E-state index is 3.61. The van der Waals surface area contributed by atoms with E-state index in [0.29, 0.717) is 6.04 Å². The molecule has 112 valence electrons. The standard InChI is InChI=1S/C19H25NS/c1-5-20-19(17-11-15(3)10-16(4)12-17)13-21-18-8-6-14(2)7-9-18/h6-12,19-20H,5,13H2,1-4H3. The highest BCUT2D eigenvalue weighted by Crippen LogP contribution is 2.26. The van der Waals surface area contributed by atoms with Crippen LogP contribution in [0.15, 0.2) is 47.4 Å². The maximum Gasteiger partial charge on any atom is 0.0415 e. The monoisotopic (exact) mass is 299 g/mol. The van der Waals surface area contributed by atoms with Crippen molar-refractivity contribution in [3.63, 3.8) is 0 Å². The van der Waals surface area contributed by atoms with Gasteiger partial charge in [0.05, 0.1) is 0 Å². The smallest absolute Gasteiger partial charge is 0.0415 e. The first-order valence-corrected chi connectivity index (χ1v) is 8.58. The molecule has 1 atom stereocenters. The van der Waals surface area contributed by atoms with E-state index in [9.17, 15) is 0 Å². The maximum absolute atomic E-state index is 3.61. The van der Waals surface area contributed by atoms with Gasteiger partial charge in [-0.2, -0.15) is 0 Å². The second-order valence-corrected chi connectivity index (χ2v) is 6.75. The first kappa shape index (κ1) is 16.1. The highest BCUT2D eigenvalue weighted by Gasteiger charge is 2.11. The van der Waals surface area contributed by atoms with E-state index >= 15 is 0 Å². The molecule has 1 nitrogen and oxygen atoms in total. The molecule has 2 rings (SSSR count). The van der Waals surface area contributed by atoms with Gasteiger partial charge in [0, 0.05) is 16.7 Å². The lowest BCUT2D eigenvalue weighted by Crippen LogP contribution is -2.23. The zero-order valence-electron chi connectivity index (χ0n) is 13.4. The first-order valence-electron chi connectivity index (χ1n) is 7.59. The molecule has 21 heavy (non-hydrogen) atoms. The van der Waals surface area contributed by atoms with Gasteiger partial charge in [0.25, 0.3) is 0 Å². The van der Waals surface area contributed by atoms with Gasteiger partial charge in [-0.1, -0.05) is 53.9 Å². The minimum absolute atomic E-state index is 0.403. The summed E-state index contributed by atoms with van der Waals surface area (Å²) in [6, 6.07) is 16.0. The van der Waals surface area contributed by atoms with Crippen molar-refractivity contribution >= 4 is 11.8 Å². The van der Waals surface area contributed by atoms with Crippen LogP contribution in [-0.4, -0.2) is 12.3 Å². The molecule has 2 aromatic carbocycles. The Labute approximate surface area is 133 Å². The normalized spacial score (nSPS) is 12.4. The average Bonchev–Trinajstić information content (AvgIpc) is 2.44. The summed E-state index contributed by atoms with van der Waals surface area (Å²) in [4.78, 5) is 1.34. The lowest BCUT2D eigenvalue weighted by Gasteiger charge is -2.19. The van der Waals surface area contributed by atoms with Crippen molar-refractivity contribution < 1.29 is 0 Å². The van der Waals surface area contributed by atoms with Crippen LogP contribution in [0.2, 0.25) is 0 Å². The van der Waals surface area contributed by atoms with Gasteiger partial charge in [-0.15, -0.1) is 11.8 Å². The van der Waals surface area contributed by atoms with Gasteiger partial charge >= 0.3 is 0 Å². The van der Waals surface area contributed by atoms with Crippen LogP contribution < -0.4 is 5.32 Å². The van der Waals surface area contributed by atoms with Gasteiger partial charge in [0.15, 0.2) is 0 Å². The summed E-state index contributed by atoms with van der Waals surface area (Å²) < 4.78 is 0. The minimum atomic E-state index is 0.403. The molecule has 1 N–H and O–H groups in total. The Morgan fingerprint density at radius 2 is 1.52 bits per heavy atom. The Kier molecular flexibility index (Phi) is 5.89. The van der Waals surface area contributed by atoms with E-state index in [0.717, 1.165) is 12.3 Å². The van der Waals surface area contributed by atoms with Crippen LogP contribution in [0.5, 0.6) is 0 Å². The lowest BCUT2D eigenvalue weighted by atomic mass is 10.0. The Morgan fingerprint density at radius 3 is 2.10 bits per heavy atom. The second kappa shape index (κ2) is 7.67. The molecule has 0 spiro atoms. The van der Waals surface area contributed by atoms with Gasteiger partial charge in [0.1, 0.15) is 0 Å². The van der Waals surface area contributed by atoms with Gasteiger partial charge in [-0.3, -0.25) is 0 Å². The van der Waals surface area contributed by atoms with Gasteiger partial charge in [-0.25, -0.2) is 0 Å². The number of hydrogen-bond acceptors (Lipinski definition) is 2. The molecular weight excluding hydrogens is 274 g/mol. The topological polar surface area (TPSA) is 12.0 Å². The number of benzene rings is 2. The predicted octanol–water partition coefficient (Wildman–Crippen LogP) is 5.05. The molecule has 2 heteroatoms. The quantitative estimate of drug-likeness (QED) is 0.749. The highest BCUT2D eigenvalue weighted by atomic mass is 32.2. The molecule has 0 aliphatic carbocycles. The number of thioether (sulfide) groups is 1. The molecule has 0 aliphatic heterocycles. The van der Waals surface area contributed by atoms with Crippen LogP contribution >= 0.6 is 11.8 Å². The molecule has 0 amide bonds. The van der Waals surface area contributed by atoms with E-state index < -0.39 is 0 Å². The molecule has 0 aliphatic rings. The summed E-state index contributed by atoms with van der Waals surface area (Å²) in [6.07, 6.45) is 0. The van der Waals surface area contributed by atoms with Gasteiger partial charge in [-0.05, 0) is 45.0 Å². The molecular formula is C19H25NS. The summed E-state index contributed by atoms with van der Waals surface area (Å²) in [6.45, 7) is 9.64. The highest BCUT2D eigenvalue weighted by molar-refractivity contribution is 7.99. The van der Waals surface area contributed by atoms with Crippen LogP contribution in [0.25, 0.3) is 0 Å². The molecule has 0 bridgehead atoms. The number of nitrogens with one attached hydrogen (secondary N) is 1. The Morgan fingerprint density at radius 1 is 0.905 bits per heavy atom. The van der Waals surface area contributed by atoms with Crippen LogP contribution in [-0.2, 0) is 0 Å². The molecule has 0 aromatic heterocycles. The van der Waals surface area contributed by atoms with Gasteiger partial charge < -0.3 is 5.32 Å². The van der Waals surface area contributed by atoms with E-state index in [1.54, 1.807) is 0 Å². The number of hydrogen-bond donors (Lipinski definition) is 1. The predicted molar refractivity (Wildman–Crippen MR) is 94.2 cm³/mol. The van der Waals surface area contributed by atoms with Crippen molar-refractivity contribution in [3.8, 4) is 0 Å². The van der Waals surface area contributed by atoms with Crippen LogP contribution in [0.3, 0.4) is 0 Å². The minimum Gasteiger partial charge on any atom is -0.309 e. The Bertz CT molecular complexity index is 554. The average molecular weight is 299 g/mol. The zero-order valence-corrected chi connectivity index (χ0v) is 14.3. The fourth-order valence-corrected chi connectivity index (χ4v) is 3.54. The third kappa shape index (κ3) is 4.90. The number of rotatable bonds is 6. The molecule has 2 aromatic rings. The molecule has 0 saturated carbocycles. The van der Waals surface area contributed by atoms with Gasteiger partial charge in [0.2, 0.25) is 0 Å². The van der Waals surface area contributed by atoms with E-state index in [2.05, 4.69) is 75.5 Å². The molecule has 0 saturated heterocycles. The van der Waals surface area contributed by atoms with Crippen molar-refractivity contribution in [3.05, 3.63) is 64.7 Å². The van der Waals surface area contributed by atoms with E-state index in [1.807, 2.05) is 11.8 Å². The zero-order chi connectivity index (χ0) is 15.2. The summed E-state index contributed by atoms with van der Waals surface area (Å²) in [7, 11) is 0. The van der Waals surface area contributed by atoms with E-state index in [1.165, 1.54) is 27.1 Å². The Balaban J connectivity index is 2.09. The van der Waals surface area contributed by atoms with Crippen molar-refractivity contribution in [1.82, 2.24) is 5.32 Å². The molecule has 0 fully saturated rings. The summed E-state index contributed by atoms with van der Waals surface area (Å²) >= 11 is 1.92. The summed E-state index contributed by atoms with van der Waals surface area (Å²) in [5.41, 5.74) is 5.40. The fraction of sp³-hybridized carbons (Fsp3) is 0.368. The van der Waals surface area contributed by atoms with E-state index in [4.69, 9.17) is 0 Å². The second-order valence-electron chi connectivity index (χ2n) is 5.66. The molecule has 1 unspecified atom stereocenters. The third-order valence-corrected chi connectivity index (χ3v) is 4.64. The Hall–Kier alpha value is -1.25. The largest absolute Gasteiger partial charge is 0.309 e. The van der Waals surface area contributed by atoms with Crippen LogP contribution in [0, 0.1) is 20.8 Å². The fourth-order valence-electron chi connectivity index (χ4n) is 2.54. The SMILES string of the molecule is CCNC(CSc1ccc(C)cc1)c1cc(C)cc(C)c1. The first-order chi connectivity index (χ1) is 10.1. The van der Waals surface area contributed by atoms with Crippen LogP contribution in [0.4, 0.5) is 0 Å². The van der Waals surface area contributed by atoms with Crippen molar-refractivity contribution in [2.24, 2.45) is 0 Å². The lowest BCUT2D eigenvalue weighted by molar-refractivity contribution is 0.605. The van der Waals surface area contributed by atoms with Crippen molar-refractivity contribution in [2.75, 3.05) is 12.3 Å². The van der Waals surface area contributed by atoms with E-state index in [-0.39, 0.29) is 0 Å². The molecule has 0 heterocycles. The van der Waals surface area contributed by atoms with Crippen molar-refractivity contribution in [1.29, 1.82) is 0 Å².